The molecular formula is C12H12FNO2. The summed E-state index contributed by atoms with van der Waals surface area (Å²) in [6, 6.07) is 6.57. The van der Waals surface area contributed by atoms with Gasteiger partial charge in [-0.1, -0.05) is 0 Å². The molecule has 0 aromatic heterocycles. The fourth-order valence-corrected chi connectivity index (χ4v) is 1.04. The first kappa shape index (κ1) is 12.1. The largest absolute Gasteiger partial charge is 0.494 e. The molecule has 0 fully saturated rings. The van der Waals surface area contributed by atoms with E-state index in [1.54, 1.807) is 19.0 Å². The summed E-state index contributed by atoms with van der Waals surface area (Å²) in [5.41, 5.74) is 0.215. The number of ether oxygens (including phenoxy) is 1. The van der Waals surface area contributed by atoms with E-state index in [1.165, 1.54) is 19.2 Å². The Balaban J connectivity index is 2.95. The Hall–Kier alpha value is -2.02. The smallest absolute Gasteiger partial charge is 0.237 e. The van der Waals surface area contributed by atoms with E-state index >= 15 is 0 Å². The maximum Gasteiger partial charge on any atom is 0.237 e. The van der Waals surface area contributed by atoms with E-state index in [-0.39, 0.29) is 11.3 Å². The monoisotopic (exact) mass is 221 g/mol. The second-order valence-electron chi connectivity index (χ2n) is 3.31. The number of benzene rings is 1. The Bertz CT molecular complexity index is 458. The maximum atomic E-state index is 13.3. The van der Waals surface area contributed by atoms with Crippen LogP contribution in [0.15, 0.2) is 18.2 Å². The molecule has 0 atom stereocenters. The van der Waals surface area contributed by atoms with Crippen LogP contribution in [0.25, 0.3) is 0 Å². The molecule has 84 valence electrons. The third-order valence-corrected chi connectivity index (χ3v) is 1.81. The van der Waals surface area contributed by atoms with Crippen LogP contribution >= 0.6 is 0 Å². The summed E-state index contributed by atoms with van der Waals surface area (Å²) in [6.07, 6.45) is 0. The van der Waals surface area contributed by atoms with Crippen molar-refractivity contribution < 1.29 is 13.9 Å². The molecule has 0 spiro atoms. The van der Waals surface area contributed by atoms with E-state index in [1.807, 2.05) is 0 Å². The van der Waals surface area contributed by atoms with Crippen molar-refractivity contribution in [2.24, 2.45) is 0 Å². The molecule has 1 aromatic carbocycles. The van der Waals surface area contributed by atoms with Crippen LogP contribution in [0.3, 0.4) is 0 Å². The van der Waals surface area contributed by atoms with Gasteiger partial charge in [0.1, 0.15) is 0 Å². The number of hydrogen-bond acceptors (Lipinski definition) is 3. The number of Topliss-reactive ketones (excluding diaryl/α,β-unsaturated/α-hetero) is 1. The highest BCUT2D eigenvalue weighted by molar-refractivity contribution is 6.09. The molecule has 0 heterocycles. The molecule has 0 radical (unpaired) electrons. The minimum Gasteiger partial charge on any atom is -0.494 e. The van der Waals surface area contributed by atoms with Crippen molar-refractivity contribution >= 4 is 5.78 Å². The highest BCUT2D eigenvalue weighted by atomic mass is 19.1. The van der Waals surface area contributed by atoms with Gasteiger partial charge in [0.2, 0.25) is 5.78 Å². The molecular weight excluding hydrogens is 209 g/mol. The van der Waals surface area contributed by atoms with Crippen molar-refractivity contribution in [2.75, 3.05) is 21.2 Å². The van der Waals surface area contributed by atoms with Crippen molar-refractivity contribution in [3.8, 4) is 17.7 Å². The number of carbonyl (C=O) groups is 1. The average molecular weight is 221 g/mol. The highest BCUT2D eigenvalue weighted by Gasteiger charge is 2.07. The number of ketones is 1. The molecule has 4 heteroatoms. The third-order valence-electron chi connectivity index (χ3n) is 1.81. The quantitative estimate of drug-likeness (QED) is 0.431. The van der Waals surface area contributed by atoms with Gasteiger partial charge in [-0.05, 0) is 24.1 Å². The van der Waals surface area contributed by atoms with Crippen molar-refractivity contribution in [3.05, 3.63) is 29.6 Å². The second kappa shape index (κ2) is 5.17. The topological polar surface area (TPSA) is 29.5 Å². The van der Waals surface area contributed by atoms with Gasteiger partial charge in [-0.2, -0.15) is 0 Å². The Morgan fingerprint density at radius 1 is 1.44 bits per heavy atom. The van der Waals surface area contributed by atoms with Gasteiger partial charge in [0.15, 0.2) is 11.6 Å². The first-order chi connectivity index (χ1) is 7.54. The summed E-state index contributed by atoms with van der Waals surface area (Å²) in [7, 11) is 4.80. The normalized spacial score (nSPS) is 9.00. The van der Waals surface area contributed by atoms with Gasteiger partial charge in [-0.25, -0.2) is 4.39 Å². The summed E-state index contributed by atoms with van der Waals surface area (Å²) < 4.78 is 18.0. The number of rotatable bonds is 2. The lowest BCUT2D eigenvalue weighted by molar-refractivity contribution is 0.105. The Labute approximate surface area is 93.8 Å². The molecule has 0 bridgehead atoms. The second-order valence-corrected chi connectivity index (χ2v) is 3.31. The van der Waals surface area contributed by atoms with E-state index in [4.69, 9.17) is 4.74 Å². The molecule has 1 rings (SSSR count). The molecule has 0 N–H and O–H groups in total. The zero-order valence-electron chi connectivity index (χ0n) is 9.37. The SMILES string of the molecule is COc1ccc(C(=O)C#CN(C)C)cc1F. The zero-order valence-corrected chi connectivity index (χ0v) is 9.37. The van der Waals surface area contributed by atoms with Crippen LogP contribution in [0.1, 0.15) is 10.4 Å². The fourth-order valence-electron chi connectivity index (χ4n) is 1.04. The zero-order chi connectivity index (χ0) is 12.1. The van der Waals surface area contributed by atoms with E-state index in [2.05, 4.69) is 12.0 Å². The van der Waals surface area contributed by atoms with Gasteiger partial charge in [0, 0.05) is 25.7 Å². The lowest BCUT2D eigenvalue weighted by atomic mass is 10.1. The molecule has 0 saturated carbocycles. The predicted octanol–water partition coefficient (Wildman–Crippen LogP) is 1.54. The average Bonchev–Trinajstić information content (AvgIpc) is 2.25. The van der Waals surface area contributed by atoms with Gasteiger partial charge in [0.25, 0.3) is 0 Å². The third kappa shape index (κ3) is 2.99. The maximum absolute atomic E-state index is 13.3. The van der Waals surface area contributed by atoms with Gasteiger partial charge in [-0.3, -0.25) is 4.79 Å². The lowest BCUT2D eigenvalue weighted by Gasteiger charge is -2.02. The van der Waals surface area contributed by atoms with Crippen LogP contribution in [0.5, 0.6) is 5.75 Å². The predicted molar refractivity (Wildman–Crippen MR) is 58.7 cm³/mol. The van der Waals surface area contributed by atoms with Gasteiger partial charge in [0.05, 0.1) is 7.11 Å². The number of nitrogens with zero attached hydrogens (tertiary/aromatic N) is 1. The van der Waals surface area contributed by atoms with Crippen molar-refractivity contribution in [1.29, 1.82) is 0 Å². The molecule has 0 aliphatic rings. The van der Waals surface area contributed by atoms with E-state index < -0.39 is 11.6 Å². The standard InChI is InChI=1S/C12H12FNO2/c1-14(2)7-6-11(15)9-4-5-12(16-3)10(13)8-9/h4-5,8H,1-3H3. The first-order valence-electron chi connectivity index (χ1n) is 4.61. The fraction of sp³-hybridized carbons (Fsp3) is 0.250. The molecule has 0 aliphatic carbocycles. The summed E-state index contributed by atoms with van der Waals surface area (Å²) in [5.74, 6) is 1.51. The molecule has 0 amide bonds. The summed E-state index contributed by atoms with van der Waals surface area (Å²) >= 11 is 0. The lowest BCUT2D eigenvalue weighted by Crippen LogP contribution is -2.04. The van der Waals surface area contributed by atoms with Crippen LogP contribution in [0.2, 0.25) is 0 Å². The molecule has 3 nitrogen and oxygen atoms in total. The number of carbonyl (C=O) groups excluding carboxylic acids is 1. The summed E-state index contributed by atoms with van der Waals surface area (Å²) in [5, 5.41) is 0. The minimum atomic E-state index is -0.569. The molecule has 0 unspecified atom stereocenters. The van der Waals surface area contributed by atoms with Crippen LogP contribution in [-0.4, -0.2) is 31.9 Å². The van der Waals surface area contributed by atoms with E-state index in [9.17, 15) is 9.18 Å². The number of methoxy groups -OCH3 is 1. The summed E-state index contributed by atoms with van der Waals surface area (Å²) in [6.45, 7) is 0. The van der Waals surface area contributed by atoms with E-state index in [0.717, 1.165) is 6.07 Å². The van der Waals surface area contributed by atoms with Crippen molar-refractivity contribution in [2.45, 2.75) is 0 Å². The minimum absolute atomic E-state index is 0.108. The Kier molecular flexibility index (Phi) is 3.90. The Morgan fingerprint density at radius 3 is 2.62 bits per heavy atom. The highest BCUT2D eigenvalue weighted by Crippen LogP contribution is 2.17. The van der Waals surface area contributed by atoms with Crippen LogP contribution in [-0.2, 0) is 0 Å². The van der Waals surface area contributed by atoms with Gasteiger partial charge in [-0.15, -0.1) is 0 Å². The van der Waals surface area contributed by atoms with Gasteiger partial charge < -0.3 is 9.64 Å². The van der Waals surface area contributed by atoms with Crippen LogP contribution < -0.4 is 4.74 Å². The van der Waals surface area contributed by atoms with Gasteiger partial charge >= 0.3 is 0 Å². The molecule has 0 saturated heterocycles. The number of halogens is 1. The summed E-state index contributed by atoms with van der Waals surface area (Å²) in [4.78, 5) is 13.0. The molecule has 16 heavy (non-hydrogen) atoms. The first-order valence-corrected chi connectivity index (χ1v) is 4.61. The van der Waals surface area contributed by atoms with Crippen LogP contribution in [0, 0.1) is 17.8 Å². The van der Waals surface area contributed by atoms with E-state index in [0.29, 0.717) is 0 Å². The van der Waals surface area contributed by atoms with Crippen molar-refractivity contribution in [3.63, 3.8) is 0 Å². The Morgan fingerprint density at radius 2 is 2.12 bits per heavy atom. The molecule has 1 aromatic rings. The van der Waals surface area contributed by atoms with Crippen LogP contribution in [0.4, 0.5) is 4.39 Å². The molecule has 0 aliphatic heterocycles. The van der Waals surface area contributed by atoms with Crippen molar-refractivity contribution in [1.82, 2.24) is 4.90 Å². The number of hydrogen-bond donors (Lipinski definition) is 0.